The third-order valence-electron chi connectivity index (χ3n) is 3.16. The van der Waals surface area contributed by atoms with E-state index in [9.17, 15) is 17.2 Å². The molecular formula is C16H11F2NO2S2. The fraction of sp³-hybridized carbons (Fsp3) is 0.0625. The third-order valence-corrected chi connectivity index (χ3v) is 5.37. The van der Waals surface area contributed by atoms with Crippen molar-refractivity contribution >= 4 is 21.2 Å². The van der Waals surface area contributed by atoms with Crippen LogP contribution >= 0.6 is 11.3 Å². The van der Waals surface area contributed by atoms with Crippen molar-refractivity contribution in [2.24, 2.45) is 0 Å². The van der Waals surface area contributed by atoms with Gasteiger partial charge in [-0.2, -0.15) is 0 Å². The summed E-state index contributed by atoms with van der Waals surface area (Å²) in [5, 5.41) is 0.579. The van der Waals surface area contributed by atoms with E-state index in [0.29, 0.717) is 21.0 Å². The minimum Gasteiger partial charge on any atom is -0.244 e. The van der Waals surface area contributed by atoms with Crippen molar-refractivity contribution < 1.29 is 17.2 Å². The lowest BCUT2D eigenvalue weighted by Gasteiger charge is -2.01. The summed E-state index contributed by atoms with van der Waals surface area (Å²) in [4.78, 5) is 5.02. The molecule has 7 heteroatoms. The molecule has 0 spiro atoms. The van der Waals surface area contributed by atoms with E-state index >= 15 is 0 Å². The fourth-order valence-electron chi connectivity index (χ4n) is 2.10. The molecular weight excluding hydrogens is 340 g/mol. The molecule has 23 heavy (non-hydrogen) atoms. The number of hydrogen-bond donors (Lipinski definition) is 0. The average Bonchev–Trinajstić information content (AvgIpc) is 2.95. The van der Waals surface area contributed by atoms with E-state index in [4.69, 9.17) is 0 Å². The van der Waals surface area contributed by atoms with Crippen LogP contribution in [0.3, 0.4) is 0 Å². The molecule has 0 atom stereocenters. The summed E-state index contributed by atoms with van der Waals surface area (Å²) in [7, 11) is -3.31. The van der Waals surface area contributed by atoms with E-state index in [1.54, 1.807) is 12.1 Å². The number of aromatic nitrogens is 1. The van der Waals surface area contributed by atoms with Crippen LogP contribution in [0.2, 0.25) is 0 Å². The number of benzene rings is 2. The smallest absolute Gasteiger partial charge is 0.175 e. The van der Waals surface area contributed by atoms with E-state index in [0.717, 1.165) is 12.3 Å². The molecule has 0 saturated heterocycles. The van der Waals surface area contributed by atoms with E-state index in [1.807, 2.05) is 0 Å². The number of rotatable bonds is 3. The molecule has 0 aliphatic carbocycles. The van der Waals surface area contributed by atoms with Crippen LogP contribution in [-0.4, -0.2) is 19.7 Å². The largest absolute Gasteiger partial charge is 0.244 e. The summed E-state index contributed by atoms with van der Waals surface area (Å²) < 4.78 is 49.8. The molecule has 0 aliphatic heterocycles. The van der Waals surface area contributed by atoms with Crippen LogP contribution in [0, 0.1) is 11.6 Å². The summed E-state index contributed by atoms with van der Waals surface area (Å²) in [6.07, 6.45) is 2.65. The number of nitrogens with zero attached hydrogens (tertiary/aromatic N) is 1. The molecule has 0 aliphatic rings. The minimum absolute atomic E-state index is 0.198. The summed E-state index contributed by atoms with van der Waals surface area (Å²) in [5.41, 5.74) is 1.03. The molecule has 1 aromatic heterocycles. The standard InChI is InChI=1S/C16H11F2NO2S2/c1-23(20,21)14-4-2-3-10(7-14)16-19-9-15(22-16)11-5-12(17)8-13(18)6-11/h2-9H,1H3. The number of sulfone groups is 1. The lowest BCUT2D eigenvalue weighted by atomic mass is 10.2. The van der Waals surface area contributed by atoms with E-state index in [-0.39, 0.29) is 4.90 Å². The van der Waals surface area contributed by atoms with Gasteiger partial charge in [-0.15, -0.1) is 11.3 Å². The first-order valence-corrected chi connectivity index (χ1v) is 9.26. The normalized spacial score (nSPS) is 11.6. The highest BCUT2D eigenvalue weighted by Gasteiger charge is 2.12. The Balaban J connectivity index is 2.02. The van der Waals surface area contributed by atoms with Gasteiger partial charge in [-0.05, 0) is 29.8 Å². The summed E-state index contributed by atoms with van der Waals surface area (Å²) >= 11 is 1.24. The molecule has 3 aromatic rings. The van der Waals surface area contributed by atoms with Gasteiger partial charge in [0.25, 0.3) is 0 Å². The molecule has 0 N–H and O–H groups in total. The highest BCUT2D eigenvalue weighted by molar-refractivity contribution is 7.90. The predicted octanol–water partition coefficient (Wildman–Crippen LogP) is 4.16. The second-order valence-corrected chi connectivity index (χ2v) is 8.03. The SMILES string of the molecule is CS(=O)(=O)c1cccc(-c2ncc(-c3cc(F)cc(F)c3)s2)c1. The van der Waals surface area contributed by atoms with Gasteiger partial charge >= 0.3 is 0 Å². The van der Waals surface area contributed by atoms with Crippen molar-refractivity contribution in [1.29, 1.82) is 0 Å². The minimum atomic E-state index is -3.31. The summed E-state index contributed by atoms with van der Waals surface area (Å²) in [5.74, 6) is -1.32. The van der Waals surface area contributed by atoms with Crippen LogP contribution in [0.25, 0.3) is 21.0 Å². The maximum absolute atomic E-state index is 13.3. The Morgan fingerprint density at radius 3 is 2.35 bits per heavy atom. The Hall–Kier alpha value is -2.12. The number of thiazole rings is 1. The van der Waals surface area contributed by atoms with Crippen LogP contribution < -0.4 is 0 Å². The molecule has 3 nitrogen and oxygen atoms in total. The average molecular weight is 351 g/mol. The molecule has 0 unspecified atom stereocenters. The topological polar surface area (TPSA) is 47.0 Å². The molecule has 118 valence electrons. The molecule has 0 radical (unpaired) electrons. The second-order valence-electron chi connectivity index (χ2n) is 4.99. The Kier molecular flexibility index (Phi) is 3.99. The van der Waals surface area contributed by atoms with Crippen molar-refractivity contribution in [2.75, 3.05) is 6.26 Å². The molecule has 0 bridgehead atoms. The molecule has 0 fully saturated rings. The first-order chi connectivity index (χ1) is 10.8. The molecule has 3 rings (SSSR count). The first kappa shape index (κ1) is 15.8. The van der Waals surface area contributed by atoms with Crippen LogP contribution in [0.4, 0.5) is 8.78 Å². The van der Waals surface area contributed by atoms with Gasteiger partial charge in [0.1, 0.15) is 16.6 Å². The van der Waals surface area contributed by atoms with Crippen LogP contribution in [0.1, 0.15) is 0 Å². The second kappa shape index (κ2) is 5.82. The summed E-state index contributed by atoms with van der Waals surface area (Å²) in [6, 6.07) is 9.68. The Labute approximate surface area is 136 Å². The Morgan fingerprint density at radius 1 is 1.00 bits per heavy atom. The number of hydrogen-bond acceptors (Lipinski definition) is 4. The Morgan fingerprint density at radius 2 is 1.70 bits per heavy atom. The lowest BCUT2D eigenvalue weighted by molar-refractivity contribution is 0.584. The first-order valence-electron chi connectivity index (χ1n) is 6.56. The predicted molar refractivity (Wildman–Crippen MR) is 86.0 cm³/mol. The summed E-state index contributed by atoms with van der Waals surface area (Å²) in [6.45, 7) is 0. The van der Waals surface area contributed by atoms with Gasteiger partial charge in [-0.1, -0.05) is 12.1 Å². The van der Waals surface area contributed by atoms with Crippen molar-refractivity contribution in [2.45, 2.75) is 4.90 Å². The highest BCUT2D eigenvalue weighted by atomic mass is 32.2. The molecule has 0 saturated carbocycles. The Bertz CT molecular complexity index is 961. The van der Waals surface area contributed by atoms with Gasteiger partial charge < -0.3 is 0 Å². The third kappa shape index (κ3) is 3.46. The van der Waals surface area contributed by atoms with Crippen LogP contribution in [0.15, 0.2) is 53.6 Å². The maximum Gasteiger partial charge on any atom is 0.175 e. The van der Waals surface area contributed by atoms with Gasteiger partial charge in [0.15, 0.2) is 9.84 Å². The van der Waals surface area contributed by atoms with E-state index in [1.165, 1.54) is 41.8 Å². The van der Waals surface area contributed by atoms with Crippen molar-refractivity contribution in [3.05, 3.63) is 60.3 Å². The van der Waals surface area contributed by atoms with Gasteiger partial charge in [-0.25, -0.2) is 22.2 Å². The zero-order valence-electron chi connectivity index (χ0n) is 12.0. The zero-order chi connectivity index (χ0) is 16.6. The van der Waals surface area contributed by atoms with Gasteiger partial charge in [0, 0.05) is 24.1 Å². The van der Waals surface area contributed by atoms with Crippen LogP contribution in [0.5, 0.6) is 0 Å². The molecule has 1 heterocycles. The van der Waals surface area contributed by atoms with E-state index in [2.05, 4.69) is 4.98 Å². The molecule has 0 amide bonds. The zero-order valence-corrected chi connectivity index (χ0v) is 13.6. The lowest BCUT2D eigenvalue weighted by Crippen LogP contribution is -1.96. The van der Waals surface area contributed by atoms with Gasteiger partial charge in [-0.3, -0.25) is 0 Å². The van der Waals surface area contributed by atoms with Crippen molar-refractivity contribution in [3.8, 4) is 21.0 Å². The van der Waals surface area contributed by atoms with Crippen LogP contribution in [-0.2, 0) is 9.84 Å². The van der Waals surface area contributed by atoms with E-state index < -0.39 is 21.5 Å². The highest BCUT2D eigenvalue weighted by Crippen LogP contribution is 2.33. The number of halogens is 2. The van der Waals surface area contributed by atoms with Gasteiger partial charge in [0.2, 0.25) is 0 Å². The quantitative estimate of drug-likeness (QED) is 0.712. The van der Waals surface area contributed by atoms with Gasteiger partial charge in [0.05, 0.1) is 9.77 Å². The monoisotopic (exact) mass is 351 g/mol. The van der Waals surface area contributed by atoms with Crippen molar-refractivity contribution in [1.82, 2.24) is 4.98 Å². The molecule has 2 aromatic carbocycles. The maximum atomic E-state index is 13.3. The fourth-order valence-corrected chi connectivity index (χ4v) is 3.66. The van der Waals surface area contributed by atoms with Crippen molar-refractivity contribution in [3.63, 3.8) is 0 Å².